The number of hydrazine groups is 1. The van der Waals surface area contributed by atoms with E-state index >= 15 is 0 Å². The second-order valence-corrected chi connectivity index (χ2v) is 4.89. The van der Waals surface area contributed by atoms with Crippen molar-refractivity contribution >= 4 is 11.6 Å². The van der Waals surface area contributed by atoms with Gasteiger partial charge in [0.25, 0.3) is 5.91 Å². The molecule has 1 heterocycles. The van der Waals surface area contributed by atoms with Crippen LogP contribution in [0.15, 0.2) is 18.2 Å². The molecule has 0 bridgehead atoms. The monoisotopic (exact) mass is 287 g/mol. The molecule has 1 fully saturated rings. The normalized spacial score (nSPS) is 19.2. The summed E-state index contributed by atoms with van der Waals surface area (Å²) >= 11 is 0. The molecule has 1 aromatic carbocycles. The van der Waals surface area contributed by atoms with E-state index in [1.54, 1.807) is 4.90 Å². The summed E-state index contributed by atoms with van der Waals surface area (Å²) in [5, 5.41) is 0. The summed E-state index contributed by atoms with van der Waals surface area (Å²) in [7, 11) is 0. The van der Waals surface area contributed by atoms with Crippen molar-refractivity contribution in [1.82, 2.24) is 4.90 Å². The topological polar surface area (TPSA) is 58.4 Å². The van der Waals surface area contributed by atoms with Crippen molar-refractivity contribution in [2.75, 3.05) is 12.0 Å². The minimum Gasteiger partial charge on any atom is -0.336 e. The van der Waals surface area contributed by atoms with Crippen molar-refractivity contribution in [3.05, 3.63) is 29.3 Å². The number of nitrogen functional groups attached to an aromatic ring is 1. The summed E-state index contributed by atoms with van der Waals surface area (Å²) in [4.78, 5) is 13.8. The van der Waals surface area contributed by atoms with Gasteiger partial charge in [0.15, 0.2) is 0 Å². The summed E-state index contributed by atoms with van der Waals surface area (Å²) in [6, 6.07) is 3.45. The van der Waals surface area contributed by atoms with Crippen molar-refractivity contribution in [2.24, 2.45) is 5.84 Å². The van der Waals surface area contributed by atoms with Crippen LogP contribution in [-0.4, -0.2) is 23.4 Å². The average molecular weight is 287 g/mol. The average Bonchev–Trinajstić information content (AvgIpc) is 2.82. The van der Waals surface area contributed by atoms with Crippen LogP contribution in [0.5, 0.6) is 0 Å². The first-order chi connectivity index (χ1) is 9.34. The van der Waals surface area contributed by atoms with E-state index in [0.29, 0.717) is 6.54 Å². The number of benzene rings is 1. The van der Waals surface area contributed by atoms with Crippen LogP contribution < -0.4 is 11.3 Å². The Bertz CT molecular complexity index is 516. The number of nitrogens with two attached hydrogens (primary N) is 1. The molecule has 0 radical (unpaired) electrons. The maximum Gasteiger partial charge on any atom is 0.418 e. The molecule has 4 nitrogen and oxygen atoms in total. The van der Waals surface area contributed by atoms with E-state index in [1.807, 2.05) is 12.3 Å². The Balaban J connectivity index is 2.36. The maximum atomic E-state index is 12.9. The highest BCUT2D eigenvalue weighted by molar-refractivity contribution is 5.95. The van der Waals surface area contributed by atoms with Crippen molar-refractivity contribution in [3.8, 4) is 0 Å². The Kier molecular flexibility index (Phi) is 3.89. The Morgan fingerprint density at radius 2 is 2.15 bits per heavy atom. The molecule has 0 spiro atoms. The number of nitrogens with zero attached hydrogens (tertiary/aromatic N) is 1. The number of carbonyl (C=O) groups is 1. The van der Waals surface area contributed by atoms with E-state index in [4.69, 9.17) is 5.84 Å². The number of rotatable bonds is 2. The quantitative estimate of drug-likeness (QED) is 0.649. The molecule has 20 heavy (non-hydrogen) atoms. The van der Waals surface area contributed by atoms with Crippen LogP contribution >= 0.6 is 0 Å². The number of halogens is 3. The molecule has 1 aromatic rings. The lowest BCUT2D eigenvalue weighted by molar-refractivity contribution is -0.137. The molecule has 1 aliphatic rings. The van der Waals surface area contributed by atoms with Crippen LogP contribution in [0.4, 0.5) is 18.9 Å². The van der Waals surface area contributed by atoms with Gasteiger partial charge in [0.1, 0.15) is 0 Å². The van der Waals surface area contributed by atoms with Crippen LogP contribution in [0.25, 0.3) is 0 Å². The highest BCUT2D eigenvalue weighted by Crippen LogP contribution is 2.35. The standard InChI is InChI=1S/C13H16F3N3O/c1-8-3-2-6-19(8)12(20)9-4-5-11(18-17)10(7-9)13(14,15)16/h4-5,7-8,18H,2-3,6,17H2,1H3. The number of carbonyl (C=O) groups excluding carboxylic acids is 1. The lowest BCUT2D eigenvalue weighted by Gasteiger charge is -2.22. The highest BCUT2D eigenvalue weighted by Gasteiger charge is 2.35. The van der Waals surface area contributed by atoms with Gasteiger partial charge in [-0.1, -0.05) is 0 Å². The maximum absolute atomic E-state index is 12.9. The van der Waals surface area contributed by atoms with Gasteiger partial charge < -0.3 is 10.3 Å². The molecule has 0 aliphatic carbocycles. The van der Waals surface area contributed by atoms with Crippen LogP contribution in [-0.2, 0) is 6.18 Å². The summed E-state index contributed by atoms with van der Waals surface area (Å²) in [5.74, 6) is 4.70. The highest BCUT2D eigenvalue weighted by atomic mass is 19.4. The predicted octanol–water partition coefficient (Wildman–Crippen LogP) is 2.62. The molecular formula is C13H16F3N3O. The van der Waals surface area contributed by atoms with Crippen LogP contribution in [0.2, 0.25) is 0 Å². The molecule has 2 rings (SSSR count). The number of hydrogen-bond acceptors (Lipinski definition) is 3. The van der Waals surface area contributed by atoms with Crippen LogP contribution in [0, 0.1) is 0 Å². The zero-order valence-electron chi connectivity index (χ0n) is 11.0. The minimum absolute atomic E-state index is 0.0325. The SMILES string of the molecule is CC1CCCN1C(=O)c1ccc(NN)c(C(F)(F)F)c1. The zero-order valence-corrected chi connectivity index (χ0v) is 11.0. The molecule has 0 saturated carbocycles. The Morgan fingerprint density at radius 3 is 2.65 bits per heavy atom. The largest absolute Gasteiger partial charge is 0.418 e. The third kappa shape index (κ3) is 2.72. The van der Waals surface area contributed by atoms with Crippen LogP contribution in [0.1, 0.15) is 35.7 Å². The first-order valence-electron chi connectivity index (χ1n) is 6.33. The number of nitrogens with one attached hydrogen (secondary N) is 1. The lowest BCUT2D eigenvalue weighted by atomic mass is 10.1. The molecule has 0 aromatic heterocycles. The van der Waals surface area contributed by atoms with Crippen molar-refractivity contribution in [3.63, 3.8) is 0 Å². The van der Waals surface area contributed by atoms with Gasteiger partial charge in [-0.2, -0.15) is 13.2 Å². The predicted molar refractivity (Wildman–Crippen MR) is 69.0 cm³/mol. The van der Waals surface area contributed by atoms with Gasteiger partial charge in [-0.3, -0.25) is 10.6 Å². The molecule has 7 heteroatoms. The molecule has 1 atom stereocenters. The van der Waals surface area contributed by atoms with Gasteiger partial charge in [-0.05, 0) is 38.0 Å². The second kappa shape index (κ2) is 5.32. The number of anilines is 1. The number of hydrogen-bond donors (Lipinski definition) is 2. The molecule has 1 unspecified atom stereocenters. The molecular weight excluding hydrogens is 271 g/mol. The second-order valence-electron chi connectivity index (χ2n) is 4.89. The van der Waals surface area contributed by atoms with Gasteiger partial charge in [0.05, 0.1) is 11.3 Å². The first-order valence-corrected chi connectivity index (χ1v) is 6.33. The summed E-state index contributed by atoms with van der Waals surface area (Å²) in [6.07, 6.45) is -2.81. The third-order valence-corrected chi connectivity index (χ3v) is 3.54. The van der Waals surface area contributed by atoms with E-state index in [2.05, 4.69) is 0 Å². The number of amides is 1. The van der Waals surface area contributed by atoms with Gasteiger partial charge >= 0.3 is 6.18 Å². The summed E-state index contributed by atoms with van der Waals surface area (Å²) in [6.45, 7) is 2.48. The number of alkyl halides is 3. The van der Waals surface area contributed by atoms with Gasteiger partial charge in [0, 0.05) is 18.2 Å². The molecule has 1 saturated heterocycles. The Labute approximate surface area is 114 Å². The van der Waals surface area contributed by atoms with E-state index in [9.17, 15) is 18.0 Å². The summed E-state index contributed by atoms with van der Waals surface area (Å²) in [5.41, 5.74) is 0.855. The molecule has 110 valence electrons. The Hall–Kier alpha value is -1.76. The van der Waals surface area contributed by atoms with Crippen molar-refractivity contribution in [2.45, 2.75) is 32.0 Å². The van der Waals surface area contributed by atoms with E-state index in [-0.39, 0.29) is 23.2 Å². The van der Waals surface area contributed by atoms with Crippen LogP contribution in [0.3, 0.4) is 0 Å². The van der Waals surface area contributed by atoms with Crippen molar-refractivity contribution in [1.29, 1.82) is 0 Å². The Morgan fingerprint density at radius 1 is 1.45 bits per heavy atom. The van der Waals surface area contributed by atoms with Crippen molar-refractivity contribution < 1.29 is 18.0 Å². The zero-order chi connectivity index (χ0) is 14.9. The van der Waals surface area contributed by atoms with Gasteiger partial charge in [-0.15, -0.1) is 0 Å². The fourth-order valence-corrected chi connectivity index (χ4v) is 2.44. The van der Waals surface area contributed by atoms with E-state index < -0.39 is 11.7 Å². The smallest absolute Gasteiger partial charge is 0.336 e. The first kappa shape index (κ1) is 14.6. The molecule has 1 aliphatic heterocycles. The molecule has 1 amide bonds. The van der Waals surface area contributed by atoms with E-state index in [1.165, 1.54) is 12.1 Å². The summed E-state index contributed by atoms with van der Waals surface area (Å²) < 4.78 is 38.7. The fraction of sp³-hybridized carbons (Fsp3) is 0.462. The fourth-order valence-electron chi connectivity index (χ4n) is 2.44. The minimum atomic E-state index is -4.56. The lowest BCUT2D eigenvalue weighted by Crippen LogP contribution is -2.33. The third-order valence-electron chi connectivity index (χ3n) is 3.54. The number of likely N-dealkylation sites (tertiary alicyclic amines) is 1. The molecule has 3 N–H and O–H groups in total. The van der Waals surface area contributed by atoms with Gasteiger partial charge in [0.2, 0.25) is 0 Å². The van der Waals surface area contributed by atoms with Gasteiger partial charge in [-0.25, -0.2) is 0 Å². The van der Waals surface area contributed by atoms with E-state index in [0.717, 1.165) is 18.9 Å².